The lowest BCUT2D eigenvalue weighted by Crippen LogP contribution is -2.68. The van der Waals surface area contributed by atoms with E-state index in [2.05, 4.69) is 0 Å². The molecule has 2 heterocycles. The van der Waals surface area contributed by atoms with Crippen LogP contribution in [0.4, 0.5) is 0 Å². The number of carbonyl (C=O) groups is 2. The number of aliphatic hydroxyl groups excluding tert-OH is 1. The van der Waals surface area contributed by atoms with Crippen LogP contribution in [0, 0.1) is 0 Å². The number of β-lactam (4-membered cyclic amide) rings is 1. The summed E-state index contributed by atoms with van der Waals surface area (Å²) in [5.41, 5.74) is 5.80. The van der Waals surface area contributed by atoms with E-state index < -0.39 is 17.9 Å². The Labute approximate surface area is 89.7 Å². The molecule has 1 saturated heterocycles. The number of aliphatic carboxylic acids is 1. The van der Waals surface area contributed by atoms with Crippen LogP contribution in [-0.2, 0) is 9.59 Å². The number of aliphatic hydroxyl groups is 1. The van der Waals surface area contributed by atoms with E-state index in [1.807, 2.05) is 0 Å². The number of nitrogens with zero attached hydrogens (tertiary/aromatic N) is 1. The molecule has 0 saturated carbocycles. The molecule has 0 spiro atoms. The summed E-state index contributed by atoms with van der Waals surface area (Å²) in [5, 5.41) is 17.6. The Bertz CT molecular complexity index is 368. The van der Waals surface area contributed by atoms with Gasteiger partial charge in [0, 0.05) is 5.75 Å². The minimum atomic E-state index is -1.19. The van der Waals surface area contributed by atoms with Crippen LogP contribution in [0.3, 0.4) is 0 Å². The predicted octanol–water partition coefficient (Wildman–Crippen LogP) is -1.44. The molecular formula is C8H10N2O4S. The minimum absolute atomic E-state index is 0.104. The highest BCUT2D eigenvalue weighted by Gasteiger charge is 2.51. The molecule has 0 aromatic rings. The maximum Gasteiger partial charge on any atom is 0.352 e. The number of amides is 1. The molecule has 0 bridgehead atoms. The standard InChI is InChI=1S/C8H10N2O4S/c9-4-6(12)10-5(8(13)14)3(1-11)2-15-7(4)10/h4,7,11H,1-2,9H2,(H,13,14)/t4-,7-/m1/s1. The Morgan fingerprint density at radius 3 is 2.87 bits per heavy atom. The topological polar surface area (TPSA) is 104 Å². The summed E-state index contributed by atoms with van der Waals surface area (Å²) >= 11 is 1.38. The summed E-state index contributed by atoms with van der Waals surface area (Å²) in [6.45, 7) is -0.347. The first-order valence-electron chi connectivity index (χ1n) is 4.34. The van der Waals surface area contributed by atoms with Gasteiger partial charge in [-0.05, 0) is 5.57 Å². The first-order chi connectivity index (χ1) is 7.07. The summed E-state index contributed by atoms with van der Waals surface area (Å²) in [4.78, 5) is 23.5. The molecule has 6 nitrogen and oxygen atoms in total. The number of hydrogen-bond acceptors (Lipinski definition) is 5. The number of nitrogens with two attached hydrogens (primary N) is 1. The van der Waals surface area contributed by atoms with E-state index in [4.69, 9.17) is 15.9 Å². The number of fused-ring (bicyclic) bond motifs is 1. The third-order valence-corrected chi connectivity index (χ3v) is 3.84. The average Bonchev–Trinajstić information content (AvgIpc) is 2.25. The quantitative estimate of drug-likeness (QED) is 0.502. The Morgan fingerprint density at radius 1 is 1.67 bits per heavy atom. The summed E-state index contributed by atoms with van der Waals surface area (Å²) in [5.74, 6) is -1.18. The third-order valence-electron chi connectivity index (χ3n) is 2.48. The van der Waals surface area contributed by atoms with Gasteiger partial charge in [0.1, 0.15) is 17.1 Å². The van der Waals surface area contributed by atoms with Crippen LogP contribution in [-0.4, -0.2) is 50.8 Å². The molecule has 0 unspecified atom stereocenters. The van der Waals surface area contributed by atoms with Crippen LogP contribution in [0.25, 0.3) is 0 Å². The molecular weight excluding hydrogens is 220 g/mol. The van der Waals surface area contributed by atoms with E-state index in [-0.39, 0.29) is 17.7 Å². The van der Waals surface area contributed by atoms with E-state index >= 15 is 0 Å². The van der Waals surface area contributed by atoms with Crippen LogP contribution in [0.15, 0.2) is 11.3 Å². The van der Waals surface area contributed by atoms with Gasteiger partial charge in [-0.2, -0.15) is 0 Å². The second-order valence-corrected chi connectivity index (χ2v) is 4.46. The number of thioether (sulfide) groups is 1. The SMILES string of the molecule is N[C@@H]1C(=O)N2C(C(=O)O)=C(CO)CS[C@H]12. The molecule has 0 aromatic heterocycles. The molecule has 0 aliphatic carbocycles. The molecule has 1 amide bonds. The van der Waals surface area contributed by atoms with Crippen LogP contribution in [0.2, 0.25) is 0 Å². The zero-order valence-electron chi connectivity index (χ0n) is 7.71. The lowest BCUT2D eigenvalue weighted by Gasteiger charge is -2.47. The fraction of sp³-hybridized carbons (Fsp3) is 0.500. The zero-order valence-corrected chi connectivity index (χ0v) is 8.53. The van der Waals surface area contributed by atoms with E-state index in [1.165, 1.54) is 11.8 Å². The smallest absolute Gasteiger partial charge is 0.352 e. The van der Waals surface area contributed by atoms with E-state index in [0.29, 0.717) is 11.3 Å². The normalized spacial score (nSPS) is 30.0. The van der Waals surface area contributed by atoms with Gasteiger partial charge in [0.2, 0.25) is 5.91 Å². The second-order valence-electron chi connectivity index (χ2n) is 3.35. The molecule has 2 atom stereocenters. The fourth-order valence-electron chi connectivity index (χ4n) is 1.70. The summed E-state index contributed by atoms with van der Waals surface area (Å²) in [6, 6.07) is -0.621. The van der Waals surface area contributed by atoms with Gasteiger partial charge in [0.05, 0.1) is 6.61 Å². The second kappa shape index (κ2) is 3.51. The highest BCUT2D eigenvalue weighted by molar-refractivity contribution is 8.00. The predicted molar refractivity (Wildman–Crippen MR) is 52.8 cm³/mol. The van der Waals surface area contributed by atoms with Gasteiger partial charge in [-0.3, -0.25) is 9.69 Å². The summed E-state index contributed by atoms with van der Waals surface area (Å²) in [7, 11) is 0. The van der Waals surface area contributed by atoms with Gasteiger partial charge in [-0.1, -0.05) is 0 Å². The van der Waals surface area contributed by atoms with Crippen molar-refractivity contribution in [3.05, 3.63) is 11.3 Å². The van der Waals surface area contributed by atoms with E-state index in [1.54, 1.807) is 0 Å². The largest absolute Gasteiger partial charge is 0.477 e. The van der Waals surface area contributed by atoms with Crippen molar-refractivity contribution in [1.29, 1.82) is 0 Å². The van der Waals surface area contributed by atoms with Crippen molar-refractivity contribution in [3.63, 3.8) is 0 Å². The number of carbonyl (C=O) groups excluding carboxylic acids is 1. The lowest BCUT2D eigenvalue weighted by molar-refractivity contribution is -0.148. The highest BCUT2D eigenvalue weighted by Crippen LogP contribution is 2.39. The minimum Gasteiger partial charge on any atom is -0.477 e. The van der Waals surface area contributed by atoms with Crippen molar-refractivity contribution in [2.75, 3.05) is 12.4 Å². The number of hydrogen-bond donors (Lipinski definition) is 3. The Hall–Kier alpha value is -1.05. The Balaban J connectivity index is 2.38. The maximum atomic E-state index is 11.4. The van der Waals surface area contributed by atoms with Gasteiger partial charge in [-0.15, -0.1) is 11.8 Å². The Kier molecular flexibility index (Phi) is 2.45. The summed E-state index contributed by atoms with van der Waals surface area (Å²) in [6.07, 6.45) is 0. The fourth-order valence-corrected chi connectivity index (χ4v) is 2.98. The van der Waals surface area contributed by atoms with Crippen LogP contribution in [0.1, 0.15) is 0 Å². The van der Waals surface area contributed by atoms with Crippen molar-refractivity contribution in [1.82, 2.24) is 4.90 Å². The molecule has 0 radical (unpaired) electrons. The van der Waals surface area contributed by atoms with Gasteiger partial charge >= 0.3 is 5.97 Å². The number of carboxylic acid groups (broad SMARTS) is 1. The van der Waals surface area contributed by atoms with Crippen molar-refractivity contribution >= 4 is 23.6 Å². The van der Waals surface area contributed by atoms with Crippen LogP contribution in [0.5, 0.6) is 0 Å². The van der Waals surface area contributed by atoms with E-state index in [9.17, 15) is 9.59 Å². The third kappa shape index (κ3) is 1.35. The lowest BCUT2D eigenvalue weighted by atomic mass is 10.0. The van der Waals surface area contributed by atoms with Crippen LogP contribution < -0.4 is 5.73 Å². The zero-order chi connectivity index (χ0) is 11.2. The summed E-state index contributed by atoms with van der Waals surface area (Å²) < 4.78 is 0. The highest BCUT2D eigenvalue weighted by atomic mass is 32.2. The van der Waals surface area contributed by atoms with Crippen molar-refractivity contribution in [3.8, 4) is 0 Å². The molecule has 0 aromatic carbocycles. The molecule has 4 N–H and O–H groups in total. The molecule has 1 fully saturated rings. The average molecular weight is 230 g/mol. The molecule has 7 heteroatoms. The number of carboxylic acids is 1. The van der Waals surface area contributed by atoms with Crippen molar-refractivity contribution in [2.24, 2.45) is 5.73 Å². The van der Waals surface area contributed by atoms with Gasteiger partial charge in [0.15, 0.2) is 0 Å². The first-order valence-corrected chi connectivity index (χ1v) is 5.39. The van der Waals surface area contributed by atoms with Gasteiger partial charge < -0.3 is 15.9 Å². The van der Waals surface area contributed by atoms with Crippen molar-refractivity contribution in [2.45, 2.75) is 11.4 Å². The molecule has 2 aliphatic rings. The Morgan fingerprint density at radius 2 is 2.33 bits per heavy atom. The molecule has 2 rings (SSSR count). The van der Waals surface area contributed by atoms with Gasteiger partial charge in [-0.25, -0.2) is 4.79 Å². The molecule has 15 heavy (non-hydrogen) atoms. The van der Waals surface area contributed by atoms with Crippen molar-refractivity contribution < 1.29 is 19.8 Å². The van der Waals surface area contributed by atoms with Crippen LogP contribution >= 0.6 is 11.8 Å². The monoisotopic (exact) mass is 230 g/mol. The molecule has 2 aliphatic heterocycles. The van der Waals surface area contributed by atoms with E-state index in [0.717, 1.165) is 4.90 Å². The molecule has 82 valence electrons. The number of rotatable bonds is 2. The maximum absolute atomic E-state index is 11.4. The first kappa shape index (κ1) is 10.5. The van der Waals surface area contributed by atoms with Gasteiger partial charge in [0.25, 0.3) is 0 Å².